The van der Waals surface area contributed by atoms with Crippen LogP contribution in [0, 0.1) is 0 Å². The lowest BCUT2D eigenvalue weighted by atomic mass is 10.2. The number of carbonyl (C=O) groups excluding carboxylic acids is 1. The second kappa shape index (κ2) is 9.51. The van der Waals surface area contributed by atoms with Crippen LogP contribution in [0.4, 0.5) is 5.69 Å². The monoisotopic (exact) mass is 229 g/mol. The summed E-state index contributed by atoms with van der Waals surface area (Å²) in [5.74, 6) is 0.549. The van der Waals surface area contributed by atoms with Gasteiger partial charge in [0.25, 0.3) is 0 Å². The third-order valence-corrected chi connectivity index (χ3v) is 2.16. The number of ether oxygens (including phenoxy) is 1. The number of para-hydroxylation sites is 1. The zero-order valence-electron chi connectivity index (χ0n) is 8.77. The Morgan fingerprint density at radius 3 is 2.73 bits per heavy atom. The third-order valence-electron chi connectivity index (χ3n) is 1.45. The van der Waals surface area contributed by atoms with Gasteiger partial charge in [0, 0.05) is 19.8 Å². The maximum absolute atomic E-state index is 10.6. The molecule has 0 saturated carbocycles. The fourth-order valence-electron chi connectivity index (χ4n) is 0.859. The molecule has 0 aromatic heterocycles. The van der Waals surface area contributed by atoms with E-state index in [0.717, 1.165) is 19.1 Å². The summed E-state index contributed by atoms with van der Waals surface area (Å²) in [5.41, 5.74) is 1.48. The molecule has 1 rings (SSSR count). The van der Waals surface area contributed by atoms with E-state index in [0.29, 0.717) is 11.5 Å². The first-order valence-corrected chi connectivity index (χ1v) is 5.22. The summed E-state index contributed by atoms with van der Waals surface area (Å²) >= 11 is 1.40. The van der Waals surface area contributed by atoms with Crippen molar-refractivity contribution in [1.29, 1.82) is 0 Å². The SMILES string of the molecule is CO.COCSNc1ccccc1C=O. The molecular weight excluding hydrogens is 214 g/mol. The summed E-state index contributed by atoms with van der Waals surface area (Å²) in [6.07, 6.45) is 0.829. The van der Waals surface area contributed by atoms with Gasteiger partial charge in [-0.1, -0.05) is 12.1 Å². The largest absolute Gasteiger partial charge is 0.400 e. The molecule has 4 nitrogen and oxygen atoms in total. The van der Waals surface area contributed by atoms with Gasteiger partial charge in [-0.25, -0.2) is 0 Å². The highest BCUT2D eigenvalue weighted by Gasteiger charge is 1.98. The van der Waals surface area contributed by atoms with Crippen molar-refractivity contribution >= 4 is 23.9 Å². The summed E-state index contributed by atoms with van der Waals surface area (Å²) in [5, 5.41) is 7.00. The molecule has 1 aromatic rings. The van der Waals surface area contributed by atoms with E-state index in [2.05, 4.69) is 4.72 Å². The summed E-state index contributed by atoms with van der Waals surface area (Å²) in [6, 6.07) is 7.33. The molecule has 0 aliphatic rings. The van der Waals surface area contributed by atoms with E-state index in [9.17, 15) is 4.79 Å². The Bertz CT molecular complexity index is 281. The van der Waals surface area contributed by atoms with Gasteiger partial charge in [-0.05, 0) is 24.1 Å². The lowest BCUT2D eigenvalue weighted by molar-refractivity contribution is 0.112. The molecule has 15 heavy (non-hydrogen) atoms. The molecule has 0 spiro atoms. The van der Waals surface area contributed by atoms with Crippen molar-refractivity contribution in [2.75, 3.05) is 24.9 Å². The van der Waals surface area contributed by atoms with Gasteiger partial charge in [0.1, 0.15) is 5.94 Å². The minimum absolute atomic E-state index is 0.549. The number of nitrogens with one attached hydrogen (secondary N) is 1. The fraction of sp³-hybridized carbons (Fsp3) is 0.300. The molecule has 0 heterocycles. The summed E-state index contributed by atoms with van der Waals surface area (Å²) in [4.78, 5) is 10.6. The van der Waals surface area contributed by atoms with Crippen molar-refractivity contribution in [2.45, 2.75) is 0 Å². The zero-order valence-corrected chi connectivity index (χ0v) is 9.58. The van der Waals surface area contributed by atoms with Gasteiger partial charge >= 0.3 is 0 Å². The highest BCUT2D eigenvalue weighted by molar-refractivity contribution is 8.00. The molecule has 84 valence electrons. The van der Waals surface area contributed by atoms with Crippen molar-refractivity contribution in [1.82, 2.24) is 0 Å². The number of anilines is 1. The van der Waals surface area contributed by atoms with Crippen LogP contribution in [0.15, 0.2) is 24.3 Å². The van der Waals surface area contributed by atoms with E-state index < -0.39 is 0 Å². The van der Waals surface area contributed by atoms with Crippen molar-refractivity contribution in [3.8, 4) is 0 Å². The molecular formula is C10H15NO3S. The van der Waals surface area contributed by atoms with Crippen LogP contribution in [0.1, 0.15) is 10.4 Å². The van der Waals surface area contributed by atoms with E-state index >= 15 is 0 Å². The molecule has 5 heteroatoms. The van der Waals surface area contributed by atoms with Crippen molar-refractivity contribution < 1.29 is 14.6 Å². The zero-order chi connectivity index (χ0) is 11.5. The molecule has 0 aliphatic heterocycles. The van der Waals surface area contributed by atoms with Crippen LogP contribution in [0.3, 0.4) is 0 Å². The van der Waals surface area contributed by atoms with E-state index in [-0.39, 0.29) is 0 Å². The number of aldehydes is 1. The van der Waals surface area contributed by atoms with Crippen LogP contribution in [0.2, 0.25) is 0 Å². The Morgan fingerprint density at radius 1 is 1.47 bits per heavy atom. The van der Waals surface area contributed by atoms with Crippen LogP contribution in [0.25, 0.3) is 0 Å². The van der Waals surface area contributed by atoms with Gasteiger partial charge in [0.2, 0.25) is 0 Å². The predicted molar refractivity (Wildman–Crippen MR) is 63.1 cm³/mol. The molecule has 0 aliphatic carbocycles. The van der Waals surface area contributed by atoms with E-state index in [1.54, 1.807) is 13.2 Å². The first kappa shape index (κ1) is 14.0. The van der Waals surface area contributed by atoms with Crippen LogP contribution >= 0.6 is 11.9 Å². The van der Waals surface area contributed by atoms with Crippen molar-refractivity contribution in [3.63, 3.8) is 0 Å². The second-order valence-corrected chi connectivity index (χ2v) is 3.09. The van der Waals surface area contributed by atoms with Crippen molar-refractivity contribution in [2.24, 2.45) is 0 Å². The highest BCUT2D eigenvalue weighted by atomic mass is 32.2. The standard InChI is InChI=1S/C9H11NO2S.CH4O/c1-12-7-13-10-9-5-3-2-4-8(9)6-11;1-2/h2-6,10H,7H2,1H3;2H,1H3. The molecule has 1 aromatic carbocycles. The van der Waals surface area contributed by atoms with Crippen LogP contribution in [0.5, 0.6) is 0 Å². The van der Waals surface area contributed by atoms with Crippen LogP contribution in [-0.4, -0.2) is 31.6 Å². The number of aliphatic hydroxyl groups is 1. The number of hydrogen-bond acceptors (Lipinski definition) is 5. The predicted octanol–water partition coefficient (Wildman–Crippen LogP) is 1.77. The van der Waals surface area contributed by atoms with Gasteiger partial charge in [0.05, 0.1) is 5.69 Å². The Hall–Kier alpha value is -1.04. The van der Waals surface area contributed by atoms with Gasteiger partial charge in [-0.3, -0.25) is 4.79 Å². The maximum Gasteiger partial charge on any atom is 0.152 e. The lowest BCUT2D eigenvalue weighted by Crippen LogP contribution is -1.94. The first-order valence-electron chi connectivity index (χ1n) is 4.24. The fourth-order valence-corrected chi connectivity index (χ4v) is 1.38. The Kier molecular flexibility index (Phi) is 8.85. The smallest absolute Gasteiger partial charge is 0.152 e. The Morgan fingerprint density at radius 2 is 2.13 bits per heavy atom. The van der Waals surface area contributed by atoms with E-state index in [4.69, 9.17) is 9.84 Å². The van der Waals surface area contributed by atoms with Crippen molar-refractivity contribution in [3.05, 3.63) is 29.8 Å². The maximum atomic E-state index is 10.6. The average Bonchev–Trinajstić information content (AvgIpc) is 2.33. The number of hydrogen-bond donors (Lipinski definition) is 2. The molecule has 2 N–H and O–H groups in total. The Labute approximate surface area is 93.8 Å². The molecule has 0 radical (unpaired) electrons. The normalized spacial score (nSPS) is 8.73. The first-order chi connectivity index (χ1) is 7.38. The van der Waals surface area contributed by atoms with Crippen LogP contribution < -0.4 is 4.72 Å². The quantitative estimate of drug-likeness (QED) is 0.349. The van der Waals surface area contributed by atoms with Crippen LogP contribution in [-0.2, 0) is 4.74 Å². The topological polar surface area (TPSA) is 58.6 Å². The number of aliphatic hydroxyl groups excluding tert-OH is 1. The van der Waals surface area contributed by atoms with E-state index in [1.807, 2.05) is 18.2 Å². The number of benzene rings is 1. The summed E-state index contributed by atoms with van der Waals surface area (Å²) in [6.45, 7) is 0. The van der Waals surface area contributed by atoms with Gasteiger partial charge in [-0.15, -0.1) is 0 Å². The van der Waals surface area contributed by atoms with Gasteiger partial charge in [-0.2, -0.15) is 0 Å². The molecule has 0 fully saturated rings. The van der Waals surface area contributed by atoms with Gasteiger partial charge in [0.15, 0.2) is 6.29 Å². The Balaban J connectivity index is 0.000000921. The highest BCUT2D eigenvalue weighted by Crippen LogP contribution is 2.16. The molecule has 0 amide bonds. The summed E-state index contributed by atoms with van der Waals surface area (Å²) < 4.78 is 7.87. The summed E-state index contributed by atoms with van der Waals surface area (Å²) in [7, 11) is 2.63. The minimum Gasteiger partial charge on any atom is -0.400 e. The number of methoxy groups -OCH3 is 1. The minimum atomic E-state index is 0.549. The lowest BCUT2D eigenvalue weighted by Gasteiger charge is -2.05. The average molecular weight is 229 g/mol. The molecule has 0 atom stereocenters. The number of carbonyl (C=O) groups is 1. The second-order valence-electron chi connectivity index (χ2n) is 2.36. The van der Waals surface area contributed by atoms with E-state index in [1.165, 1.54) is 11.9 Å². The molecule has 0 saturated heterocycles. The number of rotatable bonds is 5. The van der Waals surface area contributed by atoms with Gasteiger partial charge < -0.3 is 14.6 Å². The molecule has 0 unspecified atom stereocenters. The molecule has 0 bridgehead atoms. The third kappa shape index (κ3) is 5.41.